The summed E-state index contributed by atoms with van der Waals surface area (Å²) >= 11 is 6.05. The fraction of sp³-hybridized carbons (Fsp3) is 0.500. The van der Waals surface area contributed by atoms with E-state index in [1.54, 1.807) is 0 Å². The highest BCUT2D eigenvalue weighted by Gasteiger charge is 2.51. The Morgan fingerprint density at radius 1 is 1.14 bits per heavy atom. The van der Waals surface area contributed by atoms with Crippen LogP contribution in [-0.2, 0) is 33.3 Å². The maximum atomic E-state index is 11.7. The van der Waals surface area contributed by atoms with Gasteiger partial charge in [-0.3, -0.25) is 19.0 Å². The Morgan fingerprint density at radius 2 is 1.79 bits per heavy atom. The van der Waals surface area contributed by atoms with E-state index in [-0.39, 0.29) is 28.9 Å². The second kappa shape index (κ2) is 8.17. The Morgan fingerprint density at radius 3 is 2.41 bits per heavy atom. The minimum absolute atomic E-state index is 0.0290. The van der Waals surface area contributed by atoms with Gasteiger partial charge in [0.25, 0.3) is 0 Å². The average molecular weight is 428 g/mol. The number of esters is 3. The van der Waals surface area contributed by atoms with Gasteiger partial charge in [-0.1, -0.05) is 11.6 Å². The molecular weight excluding hydrogens is 410 g/mol. The molecule has 3 heterocycles. The highest BCUT2D eigenvalue weighted by molar-refractivity contribution is 6.33. The first-order chi connectivity index (χ1) is 13.7. The van der Waals surface area contributed by atoms with E-state index in [9.17, 15) is 14.4 Å². The maximum absolute atomic E-state index is 11.7. The van der Waals surface area contributed by atoms with Crippen LogP contribution in [0.3, 0.4) is 0 Å². The maximum Gasteiger partial charge on any atom is 0.303 e. The zero-order chi connectivity index (χ0) is 21.3. The number of rotatable bonds is 5. The summed E-state index contributed by atoms with van der Waals surface area (Å²) < 4.78 is 23.0. The highest BCUT2D eigenvalue weighted by Crippen LogP contribution is 2.36. The molecule has 12 nitrogen and oxygen atoms in total. The molecule has 29 heavy (non-hydrogen) atoms. The number of nitrogens with two attached hydrogens (primary N) is 1. The summed E-state index contributed by atoms with van der Waals surface area (Å²) in [6.45, 7) is 3.39. The van der Waals surface area contributed by atoms with Crippen molar-refractivity contribution < 1.29 is 33.3 Å². The number of aromatic nitrogens is 4. The monoisotopic (exact) mass is 427 g/mol. The van der Waals surface area contributed by atoms with Gasteiger partial charge in [-0.15, -0.1) is 0 Å². The molecular formula is C16H18ClN5O7. The molecule has 4 atom stereocenters. The number of hydrogen-bond donors (Lipinski definition) is 1. The van der Waals surface area contributed by atoms with Crippen molar-refractivity contribution in [2.45, 2.75) is 45.3 Å². The Labute approximate surface area is 169 Å². The summed E-state index contributed by atoms with van der Waals surface area (Å²) in [5, 5.41) is 0.0290. The molecule has 1 fully saturated rings. The van der Waals surface area contributed by atoms with Gasteiger partial charge < -0.3 is 24.7 Å². The van der Waals surface area contributed by atoms with E-state index in [0.717, 1.165) is 0 Å². The van der Waals surface area contributed by atoms with E-state index in [0.29, 0.717) is 0 Å². The lowest BCUT2D eigenvalue weighted by Gasteiger charge is -2.23. The largest absolute Gasteiger partial charge is 0.463 e. The molecule has 1 aliphatic heterocycles. The molecule has 0 amide bonds. The number of carbonyl (C=O) groups excluding carboxylic acids is 3. The van der Waals surface area contributed by atoms with E-state index in [4.69, 9.17) is 36.3 Å². The molecule has 0 radical (unpaired) electrons. The number of fused-ring (bicyclic) bond motifs is 1. The van der Waals surface area contributed by atoms with Crippen LogP contribution >= 0.6 is 11.6 Å². The van der Waals surface area contributed by atoms with Gasteiger partial charge in [-0.2, -0.15) is 9.97 Å². The van der Waals surface area contributed by atoms with Crippen molar-refractivity contribution >= 4 is 46.6 Å². The molecule has 0 saturated carbocycles. The Kier molecular flexibility index (Phi) is 5.84. The minimum Gasteiger partial charge on any atom is -0.463 e. The first-order valence-corrected chi connectivity index (χ1v) is 8.84. The third kappa shape index (κ3) is 4.38. The third-order valence-corrected chi connectivity index (χ3v) is 4.27. The molecule has 13 heteroatoms. The quantitative estimate of drug-likeness (QED) is 0.399. The fourth-order valence-corrected chi connectivity index (χ4v) is 3.22. The van der Waals surface area contributed by atoms with Gasteiger partial charge >= 0.3 is 17.9 Å². The first kappa shape index (κ1) is 20.7. The van der Waals surface area contributed by atoms with Crippen molar-refractivity contribution in [3.63, 3.8) is 0 Å². The topological polar surface area (TPSA) is 158 Å². The van der Waals surface area contributed by atoms with Crippen LogP contribution in [0.25, 0.3) is 11.2 Å². The van der Waals surface area contributed by atoms with Crippen molar-refractivity contribution in [2.24, 2.45) is 0 Å². The lowest BCUT2D eigenvalue weighted by molar-refractivity contribution is -0.166. The van der Waals surface area contributed by atoms with Gasteiger partial charge in [0.2, 0.25) is 5.95 Å². The van der Waals surface area contributed by atoms with Crippen LogP contribution in [0.2, 0.25) is 5.15 Å². The molecule has 2 aromatic heterocycles. The molecule has 2 N–H and O–H groups in total. The summed E-state index contributed by atoms with van der Waals surface area (Å²) in [7, 11) is 0. The zero-order valence-electron chi connectivity index (χ0n) is 15.7. The predicted octanol–water partition coefficient (Wildman–Crippen LogP) is 0.386. The number of anilines is 1. The summed E-state index contributed by atoms with van der Waals surface area (Å²) in [4.78, 5) is 46.6. The number of nitrogen functional groups attached to an aromatic ring is 1. The van der Waals surface area contributed by atoms with E-state index in [1.807, 2.05) is 0 Å². The minimum atomic E-state index is -1.08. The molecule has 1 saturated heterocycles. The molecule has 0 aliphatic carbocycles. The molecule has 0 aromatic carbocycles. The average Bonchev–Trinajstić information content (AvgIpc) is 3.15. The molecule has 0 unspecified atom stereocenters. The Bertz CT molecular complexity index is 965. The SMILES string of the molecule is CC(=O)OC[C@H]1O[C@@H](n2cnc3c(Cl)nc(N)nc32)[C@H](OC(C)=O)[C@H]1OC(C)=O. The number of halogens is 1. The standard InChI is InChI=1S/C16H18ClN5O7/c1-6(23)26-4-9-11(27-7(2)24)12(28-8(3)25)15(29-9)22-5-19-10-13(17)20-16(18)21-14(10)22/h5,9,11-12,15H,4H2,1-3H3,(H2,18,20,21)/t9-,11+,12-,15-/m1/s1. The predicted molar refractivity (Wildman–Crippen MR) is 96.4 cm³/mol. The summed E-state index contributed by atoms with van der Waals surface area (Å²) in [5.74, 6) is -1.91. The van der Waals surface area contributed by atoms with Gasteiger partial charge in [0.05, 0.1) is 6.33 Å². The van der Waals surface area contributed by atoms with Crippen molar-refractivity contribution in [1.82, 2.24) is 19.5 Å². The van der Waals surface area contributed by atoms with Gasteiger partial charge in [0, 0.05) is 20.8 Å². The van der Waals surface area contributed by atoms with Gasteiger partial charge in [0.15, 0.2) is 29.2 Å². The fourth-order valence-electron chi connectivity index (χ4n) is 3.00. The van der Waals surface area contributed by atoms with Crippen LogP contribution in [0.4, 0.5) is 5.95 Å². The van der Waals surface area contributed by atoms with Crippen LogP contribution in [0.15, 0.2) is 6.33 Å². The lowest BCUT2D eigenvalue weighted by Crippen LogP contribution is -2.40. The molecule has 3 rings (SSSR count). The normalized spacial score (nSPS) is 23.7. The summed E-state index contributed by atoms with van der Waals surface area (Å²) in [6.07, 6.45) is -2.70. The van der Waals surface area contributed by atoms with Gasteiger partial charge in [0.1, 0.15) is 18.2 Å². The molecule has 0 spiro atoms. The van der Waals surface area contributed by atoms with Crippen LogP contribution < -0.4 is 5.73 Å². The van der Waals surface area contributed by atoms with E-state index >= 15 is 0 Å². The second-order valence-electron chi connectivity index (χ2n) is 6.21. The molecule has 2 aromatic rings. The van der Waals surface area contributed by atoms with Crippen LogP contribution in [0.5, 0.6) is 0 Å². The lowest BCUT2D eigenvalue weighted by atomic mass is 10.1. The van der Waals surface area contributed by atoms with Crippen LogP contribution in [-0.4, -0.2) is 62.3 Å². The van der Waals surface area contributed by atoms with E-state index in [2.05, 4.69) is 15.0 Å². The van der Waals surface area contributed by atoms with Crippen molar-refractivity contribution in [1.29, 1.82) is 0 Å². The van der Waals surface area contributed by atoms with E-state index < -0.39 is 42.4 Å². The van der Waals surface area contributed by atoms with Gasteiger partial charge in [-0.05, 0) is 0 Å². The Hall–Kier alpha value is -2.99. The molecule has 1 aliphatic rings. The van der Waals surface area contributed by atoms with Crippen molar-refractivity contribution in [3.05, 3.63) is 11.5 Å². The number of carbonyl (C=O) groups is 3. The first-order valence-electron chi connectivity index (χ1n) is 8.46. The number of ether oxygens (including phenoxy) is 4. The molecule has 0 bridgehead atoms. The molecule has 156 valence electrons. The smallest absolute Gasteiger partial charge is 0.303 e. The Balaban J connectivity index is 2.04. The number of imidazole rings is 1. The van der Waals surface area contributed by atoms with Crippen LogP contribution in [0, 0.1) is 0 Å². The third-order valence-electron chi connectivity index (χ3n) is 4.01. The zero-order valence-corrected chi connectivity index (χ0v) is 16.5. The van der Waals surface area contributed by atoms with Crippen LogP contribution in [0.1, 0.15) is 27.0 Å². The summed E-state index contributed by atoms with van der Waals surface area (Å²) in [5.41, 5.74) is 6.14. The number of hydrogen-bond acceptors (Lipinski definition) is 11. The second-order valence-corrected chi connectivity index (χ2v) is 6.57. The van der Waals surface area contributed by atoms with Crippen molar-refractivity contribution in [2.75, 3.05) is 12.3 Å². The van der Waals surface area contributed by atoms with Gasteiger partial charge in [-0.25, -0.2) is 4.98 Å². The number of nitrogens with zero attached hydrogens (tertiary/aromatic N) is 4. The van der Waals surface area contributed by atoms with E-state index in [1.165, 1.54) is 31.7 Å². The van der Waals surface area contributed by atoms with Crippen molar-refractivity contribution in [3.8, 4) is 0 Å². The highest BCUT2D eigenvalue weighted by atomic mass is 35.5. The summed E-state index contributed by atoms with van der Waals surface area (Å²) in [6, 6.07) is 0.